The van der Waals surface area contributed by atoms with Crippen molar-refractivity contribution in [3.05, 3.63) is 64.5 Å². The first-order valence-corrected chi connectivity index (χ1v) is 16.1. The number of likely N-dealkylation sites (tertiary alicyclic amines) is 1. The van der Waals surface area contributed by atoms with E-state index in [4.69, 9.17) is 9.72 Å². The molecule has 7 rings (SSSR count). The van der Waals surface area contributed by atoms with E-state index >= 15 is 0 Å². The van der Waals surface area contributed by atoms with Gasteiger partial charge in [0, 0.05) is 37.4 Å². The number of aromatic nitrogens is 2. The number of piperidine rings is 1. The smallest absolute Gasteiger partial charge is 0.261 e. The van der Waals surface area contributed by atoms with Crippen LogP contribution in [0.1, 0.15) is 52.0 Å². The van der Waals surface area contributed by atoms with Gasteiger partial charge in [0.15, 0.2) is 5.96 Å². The molecule has 1 unspecified atom stereocenters. The number of aryl methyl sites for hydroxylation is 2. The van der Waals surface area contributed by atoms with Gasteiger partial charge in [-0.3, -0.25) is 14.8 Å². The molecule has 1 saturated heterocycles. The Morgan fingerprint density at radius 3 is 2.57 bits per heavy atom. The second kappa shape index (κ2) is 11.8. The minimum absolute atomic E-state index is 0.144. The third kappa shape index (κ3) is 5.37. The molecule has 44 heavy (non-hydrogen) atoms. The van der Waals surface area contributed by atoms with Crippen molar-refractivity contribution < 1.29 is 9.13 Å². The van der Waals surface area contributed by atoms with Gasteiger partial charge in [-0.25, -0.2) is 9.37 Å². The summed E-state index contributed by atoms with van der Waals surface area (Å²) in [6, 6.07) is 11.2. The predicted octanol–water partition coefficient (Wildman–Crippen LogP) is 5.62. The van der Waals surface area contributed by atoms with Crippen LogP contribution in [0.2, 0.25) is 0 Å². The van der Waals surface area contributed by atoms with E-state index in [9.17, 15) is 14.6 Å². The van der Waals surface area contributed by atoms with Crippen LogP contribution in [0.5, 0.6) is 5.75 Å². The minimum atomic E-state index is -0.346. The second-order valence-electron chi connectivity index (χ2n) is 14.0. The van der Waals surface area contributed by atoms with Crippen LogP contribution in [-0.2, 0) is 13.0 Å². The highest BCUT2D eigenvalue weighted by atomic mass is 19.1. The van der Waals surface area contributed by atoms with Crippen LogP contribution in [0.3, 0.4) is 0 Å². The van der Waals surface area contributed by atoms with Crippen LogP contribution in [0, 0.1) is 34.4 Å². The lowest BCUT2D eigenvalue weighted by atomic mass is 9.44. The average molecular weight is 603 g/mol. The fraction of sp³-hybridized carbons (Fsp3) is 0.571. The molecule has 1 aromatic heterocycles. The summed E-state index contributed by atoms with van der Waals surface area (Å²) in [6.45, 7) is 9.59. The quantitative estimate of drug-likeness (QED) is 0.279. The van der Waals surface area contributed by atoms with Crippen molar-refractivity contribution in [2.24, 2.45) is 23.2 Å². The highest BCUT2D eigenvalue weighted by Crippen LogP contribution is 2.62. The van der Waals surface area contributed by atoms with Crippen molar-refractivity contribution in [2.45, 2.75) is 71.5 Å². The molecule has 3 aliphatic carbocycles. The van der Waals surface area contributed by atoms with E-state index in [1.54, 1.807) is 23.0 Å². The number of ether oxygens (including phenoxy) is 1. The average Bonchev–Trinajstić information content (AvgIpc) is 3.01. The fourth-order valence-corrected chi connectivity index (χ4v) is 8.21. The van der Waals surface area contributed by atoms with Gasteiger partial charge >= 0.3 is 0 Å². The van der Waals surface area contributed by atoms with Gasteiger partial charge < -0.3 is 19.4 Å². The number of hydrogen-bond donors (Lipinski definition) is 1. The Bertz CT molecular complexity index is 1600. The molecule has 0 spiro atoms. The van der Waals surface area contributed by atoms with Crippen LogP contribution in [-0.4, -0.2) is 71.7 Å². The molecular formula is C35H47FN6O2. The summed E-state index contributed by atoms with van der Waals surface area (Å²) in [5.41, 5.74) is 2.26. The Labute approximate surface area is 260 Å². The highest BCUT2D eigenvalue weighted by molar-refractivity contribution is 5.96. The molecule has 3 aromatic rings. The summed E-state index contributed by atoms with van der Waals surface area (Å²) in [7, 11) is 5.75. The maximum atomic E-state index is 14.5. The van der Waals surface area contributed by atoms with Crippen molar-refractivity contribution in [3.63, 3.8) is 0 Å². The van der Waals surface area contributed by atoms with E-state index in [0.29, 0.717) is 70.4 Å². The zero-order valence-electron chi connectivity index (χ0n) is 27.0. The monoisotopic (exact) mass is 602 g/mol. The maximum Gasteiger partial charge on any atom is 0.261 e. The summed E-state index contributed by atoms with van der Waals surface area (Å²) in [5, 5.41) is 10.1. The lowest BCUT2D eigenvalue weighted by molar-refractivity contribution is -0.108. The van der Waals surface area contributed by atoms with Crippen LogP contribution in [0.15, 0.2) is 47.5 Å². The lowest BCUT2D eigenvalue weighted by Crippen LogP contribution is -2.63. The SMILES string of the molecule is COc1ccc(CCn2cnc3cc(N(C(=N)N(C)C4CCN(C)CC4)C4C[C@@H]5C[C@H]([C@@H]4C)C5(C)C)ccc3c2=O)c(F)c1. The lowest BCUT2D eigenvalue weighted by Gasteiger charge is -2.63. The van der Waals surface area contributed by atoms with Gasteiger partial charge in [0.25, 0.3) is 5.56 Å². The molecule has 0 amide bonds. The number of benzene rings is 2. The van der Waals surface area contributed by atoms with Crippen molar-refractivity contribution >= 4 is 22.5 Å². The first-order valence-electron chi connectivity index (χ1n) is 16.1. The van der Waals surface area contributed by atoms with Crippen molar-refractivity contribution in [3.8, 4) is 5.75 Å². The summed E-state index contributed by atoms with van der Waals surface area (Å²) < 4.78 is 21.2. The summed E-state index contributed by atoms with van der Waals surface area (Å²) in [5.74, 6) is 2.38. The molecule has 3 saturated carbocycles. The van der Waals surface area contributed by atoms with Crippen molar-refractivity contribution in [1.29, 1.82) is 5.41 Å². The zero-order valence-corrected chi connectivity index (χ0v) is 27.0. The van der Waals surface area contributed by atoms with Crippen LogP contribution in [0.4, 0.5) is 10.1 Å². The molecule has 2 heterocycles. The third-order valence-electron chi connectivity index (χ3n) is 11.4. The van der Waals surface area contributed by atoms with Gasteiger partial charge in [-0.1, -0.05) is 26.8 Å². The van der Waals surface area contributed by atoms with E-state index in [1.165, 1.54) is 19.6 Å². The molecule has 236 valence electrons. The first kappa shape index (κ1) is 30.6. The summed E-state index contributed by atoms with van der Waals surface area (Å²) >= 11 is 0. The Kier molecular flexibility index (Phi) is 8.20. The Morgan fingerprint density at radius 1 is 1.16 bits per heavy atom. The van der Waals surface area contributed by atoms with E-state index in [1.807, 2.05) is 18.2 Å². The molecule has 2 bridgehead atoms. The number of nitrogens with zero attached hydrogens (tertiary/aromatic N) is 5. The second-order valence-corrected chi connectivity index (χ2v) is 14.0. The standard InChI is InChI=1S/C35H47FN6O2/c1-22-29-17-24(35(29,2)3)18-32(22)42(34(37)40(5)25-12-14-39(4)15-13-25)26-8-10-28-31(19-26)38-21-41(33(28)43)16-11-23-7-9-27(44-6)20-30(23)36/h7-10,19-22,24-25,29,32,37H,11-18H2,1-6H3/t22-,24-,29+,32?/m0/s1. The Morgan fingerprint density at radius 2 is 1.91 bits per heavy atom. The number of hydrogen-bond acceptors (Lipinski definition) is 5. The van der Waals surface area contributed by atoms with Gasteiger partial charge in [-0.2, -0.15) is 0 Å². The third-order valence-corrected chi connectivity index (χ3v) is 11.4. The molecule has 4 atom stereocenters. The summed E-state index contributed by atoms with van der Waals surface area (Å²) in [4.78, 5) is 25.0. The Balaban J connectivity index is 1.29. The van der Waals surface area contributed by atoms with Gasteiger partial charge in [0.1, 0.15) is 11.6 Å². The molecule has 4 fully saturated rings. The highest BCUT2D eigenvalue weighted by Gasteiger charge is 2.57. The van der Waals surface area contributed by atoms with E-state index in [0.717, 1.165) is 38.0 Å². The summed E-state index contributed by atoms with van der Waals surface area (Å²) in [6.07, 6.45) is 6.35. The van der Waals surface area contributed by atoms with E-state index < -0.39 is 0 Å². The molecular weight excluding hydrogens is 555 g/mol. The van der Waals surface area contributed by atoms with Gasteiger partial charge in [0.2, 0.25) is 0 Å². The number of methoxy groups -OCH3 is 1. The van der Waals surface area contributed by atoms with Crippen molar-refractivity contribution in [2.75, 3.05) is 39.2 Å². The number of halogens is 1. The minimum Gasteiger partial charge on any atom is -0.497 e. The van der Waals surface area contributed by atoms with Gasteiger partial charge in [-0.05, 0) is 105 Å². The molecule has 8 nitrogen and oxygen atoms in total. The molecule has 2 aromatic carbocycles. The fourth-order valence-electron chi connectivity index (χ4n) is 8.21. The molecule has 1 N–H and O–H groups in total. The number of anilines is 1. The molecule has 4 aliphatic rings. The van der Waals surface area contributed by atoms with E-state index in [-0.39, 0.29) is 17.4 Å². The first-order chi connectivity index (χ1) is 21.0. The molecule has 0 radical (unpaired) electrons. The van der Waals surface area contributed by atoms with Gasteiger partial charge in [-0.15, -0.1) is 0 Å². The Hall–Kier alpha value is -3.46. The van der Waals surface area contributed by atoms with Crippen LogP contribution in [0.25, 0.3) is 10.9 Å². The number of guanidine groups is 1. The maximum absolute atomic E-state index is 14.5. The topological polar surface area (TPSA) is 77.7 Å². The van der Waals surface area contributed by atoms with Crippen LogP contribution < -0.4 is 15.2 Å². The normalized spacial score (nSPS) is 25.0. The molecule has 9 heteroatoms. The van der Waals surface area contributed by atoms with Crippen molar-refractivity contribution in [1.82, 2.24) is 19.4 Å². The van der Waals surface area contributed by atoms with E-state index in [2.05, 4.69) is 49.6 Å². The predicted molar refractivity (Wildman–Crippen MR) is 174 cm³/mol. The zero-order chi connectivity index (χ0) is 31.3. The van der Waals surface area contributed by atoms with Gasteiger partial charge in [0.05, 0.1) is 24.3 Å². The van der Waals surface area contributed by atoms with Crippen LogP contribution >= 0.6 is 0 Å². The number of nitrogens with one attached hydrogen (secondary N) is 1. The number of rotatable bonds is 7. The molecule has 1 aliphatic heterocycles. The largest absolute Gasteiger partial charge is 0.497 e. The number of fused-ring (bicyclic) bond motifs is 3.